The van der Waals surface area contributed by atoms with Gasteiger partial charge in [-0.3, -0.25) is 4.79 Å². The fraction of sp³-hybridized carbons (Fsp3) is 0.412. The molecule has 2 aromatic rings. The van der Waals surface area contributed by atoms with E-state index in [2.05, 4.69) is 4.98 Å². The first-order valence-corrected chi connectivity index (χ1v) is 7.71. The molecule has 1 amide bonds. The SMILES string of the molecule is O=C(CCc1ncc(-c2ccccc2F)o1)N1CCCCC1. The van der Waals surface area contributed by atoms with Gasteiger partial charge in [-0.1, -0.05) is 12.1 Å². The van der Waals surface area contributed by atoms with Crippen LogP contribution < -0.4 is 0 Å². The molecule has 0 spiro atoms. The van der Waals surface area contributed by atoms with Crippen LogP contribution in [0.4, 0.5) is 4.39 Å². The highest BCUT2D eigenvalue weighted by atomic mass is 19.1. The number of amides is 1. The van der Waals surface area contributed by atoms with Crippen LogP contribution in [-0.4, -0.2) is 28.9 Å². The molecule has 2 heterocycles. The highest BCUT2D eigenvalue weighted by Gasteiger charge is 2.17. The summed E-state index contributed by atoms with van der Waals surface area (Å²) >= 11 is 0. The number of halogens is 1. The molecule has 1 aliphatic heterocycles. The topological polar surface area (TPSA) is 46.3 Å². The van der Waals surface area contributed by atoms with Crippen LogP contribution >= 0.6 is 0 Å². The van der Waals surface area contributed by atoms with E-state index in [0.29, 0.717) is 30.1 Å². The van der Waals surface area contributed by atoms with Crippen molar-refractivity contribution < 1.29 is 13.6 Å². The number of benzene rings is 1. The molecular weight excluding hydrogens is 283 g/mol. The second-order valence-corrected chi connectivity index (χ2v) is 5.54. The Kier molecular flexibility index (Phi) is 4.51. The van der Waals surface area contributed by atoms with Gasteiger partial charge in [0.25, 0.3) is 0 Å². The molecule has 0 radical (unpaired) electrons. The van der Waals surface area contributed by atoms with E-state index in [4.69, 9.17) is 4.42 Å². The minimum absolute atomic E-state index is 0.144. The maximum atomic E-state index is 13.7. The Hall–Kier alpha value is -2.17. The zero-order valence-electron chi connectivity index (χ0n) is 12.4. The number of piperidine rings is 1. The average Bonchev–Trinajstić information content (AvgIpc) is 3.02. The highest BCUT2D eigenvalue weighted by molar-refractivity contribution is 5.76. The van der Waals surface area contributed by atoms with Gasteiger partial charge < -0.3 is 9.32 Å². The largest absolute Gasteiger partial charge is 0.441 e. The molecule has 0 N–H and O–H groups in total. The molecule has 1 aliphatic rings. The summed E-state index contributed by atoms with van der Waals surface area (Å²) in [4.78, 5) is 18.2. The van der Waals surface area contributed by atoms with Crippen molar-refractivity contribution in [1.82, 2.24) is 9.88 Å². The first-order chi connectivity index (χ1) is 10.7. The van der Waals surface area contributed by atoms with E-state index in [1.165, 1.54) is 18.7 Å². The maximum absolute atomic E-state index is 13.7. The number of carbonyl (C=O) groups excluding carboxylic acids is 1. The van der Waals surface area contributed by atoms with Crippen molar-refractivity contribution in [3.63, 3.8) is 0 Å². The predicted molar refractivity (Wildman–Crippen MR) is 80.6 cm³/mol. The second-order valence-electron chi connectivity index (χ2n) is 5.54. The summed E-state index contributed by atoms with van der Waals surface area (Å²) in [5.74, 6) is 0.682. The zero-order valence-corrected chi connectivity index (χ0v) is 12.4. The van der Waals surface area contributed by atoms with Gasteiger partial charge in [-0.15, -0.1) is 0 Å². The van der Waals surface area contributed by atoms with E-state index >= 15 is 0 Å². The van der Waals surface area contributed by atoms with E-state index < -0.39 is 0 Å². The minimum Gasteiger partial charge on any atom is -0.441 e. The fourth-order valence-corrected chi connectivity index (χ4v) is 2.73. The van der Waals surface area contributed by atoms with Gasteiger partial charge in [0.2, 0.25) is 5.91 Å². The normalized spacial score (nSPS) is 15.0. The number of hydrogen-bond acceptors (Lipinski definition) is 3. The number of aromatic nitrogens is 1. The van der Waals surface area contributed by atoms with Gasteiger partial charge in [0.15, 0.2) is 11.7 Å². The summed E-state index contributed by atoms with van der Waals surface area (Å²) in [6.07, 6.45) is 5.72. The van der Waals surface area contributed by atoms with Gasteiger partial charge >= 0.3 is 0 Å². The predicted octanol–water partition coefficient (Wildman–Crippen LogP) is 3.43. The van der Waals surface area contributed by atoms with Crippen LogP contribution in [0, 0.1) is 5.82 Å². The second kappa shape index (κ2) is 6.73. The zero-order chi connectivity index (χ0) is 15.4. The number of rotatable bonds is 4. The van der Waals surface area contributed by atoms with Crippen molar-refractivity contribution in [2.75, 3.05) is 13.1 Å². The van der Waals surface area contributed by atoms with Gasteiger partial charge in [-0.25, -0.2) is 9.37 Å². The summed E-state index contributed by atoms with van der Waals surface area (Å²) in [5.41, 5.74) is 0.392. The van der Waals surface area contributed by atoms with Crippen LogP contribution in [0.5, 0.6) is 0 Å². The Morgan fingerprint density at radius 2 is 2.00 bits per heavy atom. The molecule has 116 valence electrons. The summed E-state index contributed by atoms with van der Waals surface area (Å²) < 4.78 is 19.3. The van der Waals surface area contributed by atoms with E-state index in [1.54, 1.807) is 18.2 Å². The van der Waals surface area contributed by atoms with E-state index in [1.807, 2.05) is 4.90 Å². The van der Waals surface area contributed by atoms with Crippen molar-refractivity contribution in [3.8, 4) is 11.3 Å². The van der Waals surface area contributed by atoms with E-state index in [-0.39, 0.29) is 11.7 Å². The standard InChI is InChI=1S/C17H19FN2O2/c18-14-7-3-2-6-13(14)15-12-19-16(22-15)8-9-17(21)20-10-4-1-5-11-20/h2-3,6-7,12H,1,4-5,8-11H2. The van der Waals surface area contributed by atoms with Gasteiger partial charge in [-0.05, 0) is 31.4 Å². The summed E-state index contributed by atoms with van der Waals surface area (Å²) in [7, 11) is 0. The number of oxazole rings is 1. The number of aryl methyl sites for hydroxylation is 1. The highest BCUT2D eigenvalue weighted by Crippen LogP contribution is 2.23. The number of carbonyl (C=O) groups is 1. The average molecular weight is 302 g/mol. The first kappa shape index (κ1) is 14.8. The van der Waals surface area contributed by atoms with Gasteiger partial charge in [-0.2, -0.15) is 0 Å². The Labute approximate surface area is 129 Å². The van der Waals surface area contributed by atoms with Crippen molar-refractivity contribution in [1.29, 1.82) is 0 Å². The van der Waals surface area contributed by atoms with Crippen LogP contribution in [0.3, 0.4) is 0 Å². The van der Waals surface area contributed by atoms with Crippen molar-refractivity contribution in [2.24, 2.45) is 0 Å². The lowest BCUT2D eigenvalue weighted by Crippen LogP contribution is -2.35. The molecule has 0 saturated carbocycles. The fourth-order valence-electron chi connectivity index (χ4n) is 2.73. The van der Waals surface area contributed by atoms with Crippen molar-refractivity contribution >= 4 is 5.91 Å². The van der Waals surface area contributed by atoms with Crippen LogP contribution in [0.1, 0.15) is 31.6 Å². The number of hydrogen-bond donors (Lipinski definition) is 0. The Morgan fingerprint density at radius 1 is 1.23 bits per heavy atom. The lowest BCUT2D eigenvalue weighted by molar-refractivity contribution is -0.132. The molecule has 0 unspecified atom stereocenters. The number of nitrogens with zero attached hydrogens (tertiary/aromatic N) is 2. The van der Waals surface area contributed by atoms with Crippen LogP contribution in [0.25, 0.3) is 11.3 Å². The molecule has 5 heteroatoms. The Balaban J connectivity index is 1.60. The summed E-state index contributed by atoms with van der Waals surface area (Å²) in [6.45, 7) is 1.70. The van der Waals surface area contributed by atoms with Gasteiger partial charge in [0, 0.05) is 25.9 Å². The first-order valence-electron chi connectivity index (χ1n) is 7.71. The van der Waals surface area contributed by atoms with Crippen molar-refractivity contribution in [3.05, 3.63) is 42.2 Å². The Bertz CT molecular complexity index is 648. The summed E-state index contributed by atoms with van der Waals surface area (Å²) in [6, 6.07) is 6.42. The lowest BCUT2D eigenvalue weighted by Gasteiger charge is -2.26. The van der Waals surface area contributed by atoms with Crippen LogP contribution in [0.15, 0.2) is 34.9 Å². The molecule has 0 aliphatic carbocycles. The minimum atomic E-state index is -0.338. The van der Waals surface area contributed by atoms with Gasteiger partial charge in [0.05, 0.1) is 11.8 Å². The molecule has 1 aromatic carbocycles. The smallest absolute Gasteiger partial charge is 0.223 e. The monoisotopic (exact) mass is 302 g/mol. The van der Waals surface area contributed by atoms with E-state index in [0.717, 1.165) is 25.9 Å². The third-order valence-corrected chi connectivity index (χ3v) is 3.95. The third kappa shape index (κ3) is 3.35. The van der Waals surface area contributed by atoms with Crippen LogP contribution in [0.2, 0.25) is 0 Å². The summed E-state index contributed by atoms with van der Waals surface area (Å²) in [5, 5.41) is 0. The molecule has 4 nitrogen and oxygen atoms in total. The van der Waals surface area contributed by atoms with Crippen LogP contribution in [-0.2, 0) is 11.2 Å². The molecule has 0 atom stereocenters. The Morgan fingerprint density at radius 3 is 2.77 bits per heavy atom. The molecule has 1 fully saturated rings. The molecule has 1 saturated heterocycles. The third-order valence-electron chi connectivity index (χ3n) is 3.95. The molecule has 0 bridgehead atoms. The molecule has 3 rings (SSSR count). The van der Waals surface area contributed by atoms with Crippen molar-refractivity contribution in [2.45, 2.75) is 32.1 Å². The van der Waals surface area contributed by atoms with E-state index in [9.17, 15) is 9.18 Å². The maximum Gasteiger partial charge on any atom is 0.223 e. The lowest BCUT2D eigenvalue weighted by atomic mass is 10.1. The number of likely N-dealkylation sites (tertiary alicyclic amines) is 1. The van der Waals surface area contributed by atoms with Gasteiger partial charge in [0.1, 0.15) is 5.82 Å². The molecular formula is C17H19FN2O2. The quantitative estimate of drug-likeness (QED) is 0.869. The molecule has 22 heavy (non-hydrogen) atoms. The molecule has 1 aromatic heterocycles.